The topological polar surface area (TPSA) is 6.48 Å². The van der Waals surface area contributed by atoms with Gasteiger partial charge in [0.2, 0.25) is 0 Å². The molecule has 1 aromatic rings. The van der Waals surface area contributed by atoms with E-state index in [0.717, 1.165) is 36.9 Å². The standard InChI is InChI=1S/C11H14ClN2/c1-13-5-7-14(8-6-13)11-4-2-3-10(12)9-11/h2-3,9H,5-8H2,1H3. The number of nitrogens with zero attached hydrogens (tertiary/aromatic N) is 2. The fourth-order valence-corrected chi connectivity index (χ4v) is 1.82. The number of likely N-dealkylation sites (N-methyl/N-ethyl adjacent to an activating group) is 1. The normalized spacial score (nSPS) is 18.6. The average molecular weight is 210 g/mol. The van der Waals surface area contributed by atoms with Crippen molar-refractivity contribution in [2.75, 3.05) is 38.1 Å². The van der Waals surface area contributed by atoms with Crippen molar-refractivity contribution in [3.63, 3.8) is 0 Å². The van der Waals surface area contributed by atoms with Crippen LogP contribution in [0.4, 0.5) is 5.69 Å². The molecule has 0 N–H and O–H groups in total. The van der Waals surface area contributed by atoms with Gasteiger partial charge in [0.05, 0.1) is 0 Å². The summed E-state index contributed by atoms with van der Waals surface area (Å²) in [7, 11) is 2.15. The molecule has 14 heavy (non-hydrogen) atoms. The van der Waals surface area contributed by atoms with Gasteiger partial charge in [0.25, 0.3) is 0 Å². The summed E-state index contributed by atoms with van der Waals surface area (Å²) in [6.45, 7) is 4.35. The van der Waals surface area contributed by atoms with Crippen LogP contribution < -0.4 is 4.90 Å². The Labute approximate surface area is 90.1 Å². The predicted molar refractivity (Wildman–Crippen MR) is 60.0 cm³/mol. The number of rotatable bonds is 1. The highest BCUT2D eigenvalue weighted by Gasteiger charge is 2.14. The summed E-state index contributed by atoms with van der Waals surface area (Å²) in [5.74, 6) is 0. The maximum atomic E-state index is 5.94. The number of hydrogen-bond donors (Lipinski definition) is 0. The second-order valence-electron chi connectivity index (χ2n) is 3.68. The fourth-order valence-electron chi connectivity index (χ4n) is 1.66. The minimum atomic E-state index is 0.790. The first-order valence-electron chi connectivity index (χ1n) is 4.86. The monoisotopic (exact) mass is 209 g/mol. The van der Waals surface area contributed by atoms with E-state index in [9.17, 15) is 0 Å². The van der Waals surface area contributed by atoms with Crippen LogP contribution in [0.3, 0.4) is 0 Å². The van der Waals surface area contributed by atoms with Crippen LogP contribution in [0.15, 0.2) is 18.2 Å². The van der Waals surface area contributed by atoms with Gasteiger partial charge in [-0.2, -0.15) is 0 Å². The van der Waals surface area contributed by atoms with Crippen molar-refractivity contribution in [1.82, 2.24) is 4.90 Å². The van der Waals surface area contributed by atoms with E-state index in [-0.39, 0.29) is 0 Å². The third kappa shape index (κ3) is 2.20. The van der Waals surface area contributed by atoms with Crippen LogP contribution >= 0.6 is 11.6 Å². The van der Waals surface area contributed by atoms with Crippen molar-refractivity contribution in [1.29, 1.82) is 0 Å². The molecule has 1 radical (unpaired) electrons. The van der Waals surface area contributed by atoms with Crippen LogP contribution in [0.5, 0.6) is 0 Å². The predicted octanol–water partition coefficient (Wildman–Crippen LogP) is 1.89. The summed E-state index contributed by atoms with van der Waals surface area (Å²) in [5, 5.41) is 0.790. The Morgan fingerprint density at radius 2 is 2.00 bits per heavy atom. The van der Waals surface area contributed by atoms with Gasteiger partial charge in [-0.15, -0.1) is 0 Å². The highest BCUT2D eigenvalue weighted by Crippen LogP contribution is 2.19. The van der Waals surface area contributed by atoms with E-state index >= 15 is 0 Å². The highest BCUT2D eigenvalue weighted by molar-refractivity contribution is 6.30. The lowest BCUT2D eigenvalue weighted by molar-refractivity contribution is 0.313. The molecule has 2 rings (SSSR count). The Morgan fingerprint density at radius 3 is 2.64 bits per heavy atom. The van der Waals surface area contributed by atoms with Gasteiger partial charge in [0.1, 0.15) is 0 Å². The van der Waals surface area contributed by atoms with Crippen LogP contribution in [0.1, 0.15) is 0 Å². The minimum absolute atomic E-state index is 0.790. The van der Waals surface area contributed by atoms with Gasteiger partial charge >= 0.3 is 0 Å². The lowest BCUT2D eigenvalue weighted by Crippen LogP contribution is -2.44. The number of piperazine rings is 1. The summed E-state index contributed by atoms with van der Waals surface area (Å²) in [5.41, 5.74) is 1.12. The van der Waals surface area contributed by atoms with Gasteiger partial charge in [-0.3, -0.25) is 0 Å². The molecule has 0 bridgehead atoms. The molecule has 0 saturated carbocycles. The Kier molecular flexibility index (Phi) is 2.94. The van der Waals surface area contributed by atoms with E-state index in [0.29, 0.717) is 0 Å². The van der Waals surface area contributed by atoms with Crippen LogP contribution in [0.25, 0.3) is 0 Å². The van der Waals surface area contributed by atoms with E-state index in [4.69, 9.17) is 11.6 Å². The van der Waals surface area contributed by atoms with Gasteiger partial charge < -0.3 is 9.80 Å². The second-order valence-corrected chi connectivity index (χ2v) is 4.12. The maximum Gasteiger partial charge on any atom is 0.0462 e. The third-order valence-corrected chi connectivity index (χ3v) is 2.83. The molecule has 1 aromatic carbocycles. The van der Waals surface area contributed by atoms with Crippen LogP contribution in [-0.2, 0) is 0 Å². The first-order chi connectivity index (χ1) is 6.75. The molecule has 1 aliphatic rings. The Bertz CT molecular complexity index is 306. The van der Waals surface area contributed by atoms with E-state index in [1.165, 1.54) is 0 Å². The van der Waals surface area contributed by atoms with Gasteiger partial charge in [-0.1, -0.05) is 17.7 Å². The molecule has 75 valence electrons. The molecular formula is C11H14ClN2. The molecule has 0 atom stereocenters. The highest BCUT2D eigenvalue weighted by atomic mass is 35.5. The van der Waals surface area contributed by atoms with E-state index in [1.54, 1.807) is 0 Å². The van der Waals surface area contributed by atoms with E-state index in [1.807, 2.05) is 18.2 Å². The number of hydrogen-bond acceptors (Lipinski definition) is 2. The van der Waals surface area contributed by atoms with Gasteiger partial charge in [0.15, 0.2) is 0 Å². The molecule has 0 spiro atoms. The molecule has 3 heteroatoms. The summed E-state index contributed by atoms with van der Waals surface area (Å²) >= 11 is 5.94. The number of anilines is 1. The largest absolute Gasteiger partial charge is 0.368 e. The van der Waals surface area contributed by atoms with Crippen molar-refractivity contribution >= 4 is 17.3 Å². The van der Waals surface area contributed by atoms with E-state index in [2.05, 4.69) is 22.9 Å². The summed E-state index contributed by atoms with van der Waals surface area (Å²) in [6, 6.07) is 8.94. The van der Waals surface area contributed by atoms with Crippen molar-refractivity contribution in [3.05, 3.63) is 29.3 Å². The molecule has 2 nitrogen and oxygen atoms in total. The fraction of sp³-hybridized carbons (Fsp3) is 0.455. The Hall–Kier alpha value is -0.730. The zero-order chi connectivity index (χ0) is 9.97. The third-order valence-electron chi connectivity index (χ3n) is 2.59. The summed E-state index contributed by atoms with van der Waals surface area (Å²) < 4.78 is 0. The smallest absolute Gasteiger partial charge is 0.0462 e. The molecule has 0 unspecified atom stereocenters. The van der Waals surface area contributed by atoms with Crippen molar-refractivity contribution in [2.45, 2.75) is 0 Å². The molecule has 1 aliphatic heterocycles. The molecule has 0 amide bonds. The molecule has 1 saturated heterocycles. The molecular weight excluding hydrogens is 196 g/mol. The van der Waals surface area contributed by atoms with Crippen LogP contribution in [0.2, 0.25) is 5.02 Å². The van der Waals surface area contributed by atoms with Crippen LogP contribution in [-0.4, -0.2) is 38.1 Å². The van der Waals surface area contributed by atoms with Crippen LogP contribution in [0, 0.1) is 6.07 Å². The average Bonchev–Trinajstić information content (AvgIpc) is 2.19. The van der Waals surface area contributed by atoms with Crippen molar-refractivity contribution < 1.29 is 0 Å². The number of halogens is 1. The molecule has 1 heterocycles. The Morgan fingerprint density at radius 1 is 1.29 bits per heavy atom. The zero-order valence-corrected chi connectivity index (χ0v) is 9.09. The molecule has 0 aliphatic carbocycles. The molecule has 1 fully saturated rings. The Balaban J connectivity index is 2.08. The van der Waals surface area contributed by atoms with Gasteiger partial charge in [0, 0.05) is 43.0 Å². The van der Waals surface area contributed by atoms with Crippen molar-refractivity contribution in [3.8, 4) is 0 Å². The summed E-state index contributed by atoms with van der Waals surface area (Å²) in [4.78, 5) is 4.66. The first kappa shape index (κ1) is 9.81. The second kappa shape index (κ2) is 4.20. The zero-order valence-electron chi connectivity index (χ0n) is 8.33. The number of benzene rings is 1. The SMILES string of the molecule is CN1CCN(c2[c]ccc(Cl)c2)CC1. The van der Waals surface area contributed by atoms with Gasteiger partial charge in [-0.25, -0.2) is 0 Å². The lowest BCUT2D eigenvalue weighted by atomic mass is 10.2. The quantitative estimate of drug-likeness (QED) is 0.697. The lowest BCUT2D eigenvalue weighted by Gasteiger charge is -2.33. The van der Waals surface area contributed by atoms with E-state index < -0.39 is 0 Å². The maximum absolute atomic E-state index is 5.94. The van der Waals surface area contributed by atoms with Crippen molar-refractivity contribution in [2.24, 2.45) is 0 Å². The minimum Gasteiger partial charge on any atom is -0.368 e. The summed E-state index contributed by atoms with van der Waals surface area (Å²) in [6.07, 6.45) is 0. The molecule has 0 aromatic heterocycles. The first-order valence-corrected chi connectivity index (χ1v) is 5.24. The van der Waals surface area contributed by atoms with Gasteiger partial charge in [-0.05, 0) is 19.2 Å².